The van der Waals surface area contributed by atoms with Gasteiger partial charge in [-0.25, -0.2) is 28.8 Å². The van der Waals surface area contributed by atoms with Crippen LogP contribution in [0, 0.1) is 23.3 Å². The number of esters is 1. The molecule has 2 aliphatic heterocycles. The second kappa shape index (κ2) is 38.9. The van der Waals surface area contributed by atoms with E-state index in [1.54, 1.807) is 12.1 Å². The zero-order valence-corrected chi connectivity index (χ0v) is 49.2. The van der Waals surface area contributed by atoms with Crippen LogP contribution in [0.3, 0.4) is 0 Å². The Labute approximate surface area is 500 Å². The Morgan fingerprint density at radius 1 is 0.701 bits per heavy atom. The molecule has 0 aliphatic carbocycles. The fourth-order valence-electron chi connectivity index (χ4n) is 8.13. The number of ether oxygens (including phenoxy) is 11. The maximum Gasteiger partial charge on any atom is 0.313 e. The number of amidine groups is 1. The van der Waals surface area contributed by atoms with Crippen LogP contribution in [0.1, 0.15) is 55.7 Å². The predicted octanol–water partition coefficient (Wildman–Crippen LogP) is 2.77. The number of nitrogens with one attached hydrogen (secondary N) is 1. The lowest BCUT2D eigenvalue weighted by atomic mass is 10.0. The van der Waals surface area contributed by atoms with Crippen LogP contribution in [0.4, 0.5) is 23.2 Å². The highest BCUT2D eigenvalue weighted by atomic mass is 32.2. The Kier molecular flexibility index (Phi) is 32.0. The van der Waals surface area contributed by atoms with E-state index in [-0.39, 0.29) is 89.7 Å². The molecule has 0 saturated carbocycles. The van der Waals surface area contributed by atoms with Crippen LogP contribution in [0.25, 0.3) is 17.2 Å². The predicted molar refractivity (Wildman–Crippen MR) is 298 cm³/mol. The van der Waals surface area contributed by atoms with E-state index in [0.29, 0.717) is 127 Å². The first-order valence-corrected chi connectivity index (χ1v) is 29.4. The van der Waals surface area contributed by atoms with Gasteiger partial charge in [0, 0.05) is 61.6 Å². The van der Waals surface area contributed by atoms with Crippen molar-refractivity contribution in [3.63, 3.8) is 0 Å². The number of aliphatic imine (C=N–C) groups is 1. The average molecular weight is 1260 g/mol. The first-order valence-electron chi connectivity index (χ1n) is 28.0. The zero-order valence-electron chi connectivity index (χ0n) is 48.4. The number of fused-ring (bicyclic) bond motifs is 1. The highest BCUT2D eigenvalue weighted by Crippen LogP contribution is 2.34. The van der Waals surface area contributed by atoms with E-state index in [0.717, 1.165) is 6.42 Å². The van der Waals surface area contributed by atoms with Gasteiger partial charge in [-0.05, 0) is 31.1 Å². The van der Waals surface area contributed by atoms with Gasteiger partial charge in [0.25, 0.3) is 11.8 Å². The van der Waals surface area contributed by atoms with Gasteiger partial charge in [-0.3, -0.25) is 28.6 Å². The molecule has 0 bridgehead atoms. The number of rotatable bonds is 43. The number of likely N-dealkylation sites (tertiary alicyclic amines) is 1. The second-order valence-corrected chi connectivity index (χ2v) is 20.1. The van der Waals surface area contributed by atoms with Crippen molar-refractivity contribution in [2.24, 2.45) is 10.7 Å². The molecular formula is C55H75F4N7O20S. The number of β-amino-alcohol motifs (C(OH)–C–C–N with tert-alkyl or cyclic N) is 1. The number of aliphatic hydroxyl groups excluding tert-OH is 1. The number of nitrogens with zero attached hydrogens (tertiary/aromatic N) is 5. The molecule has 1 aromatic heterocycles. The van der Waals surface area contributed by atoms with Gasteiger partial charge in [-0.2, -0.15) is 17.2 Å². The molecule has 87 heavy (non-hydrogen) atoms. The molecule has 3 heterocycles. The SMILES string of the molecule is CCCN(OCC)C(=O)C1=Cc2ccc(-c3cnc(C(=O)N4C[C@H](O)C[C@H]4C(=O)NCCOCCOCCOCCOCCOCCOCCOCCOCCOCCOCCC(=O)Oc4c(F)c(F)c(S(=O)(=O)O)c(F)c4F)nc3)cc2N=C(N)C1. The topological polar surface area (TPSA) is 336 Å². The van der Waals surface area contributed by atoms with Crippen molar-refractivity contribution in [1.82, 2.24) is 25.2 Å². The summed E-state index contributed by atoms with van der Waals surface area (Å²) < 4.78 is 145. The van der Waals surface area contributed by atoms with Crippen LogP contribution in [0.15, 0.2) is 46.1 Å². The van der Waals surface area contributed by atoms with Gasteiger partial charge < -0.3 is 73.2 Å². The summed E-state index contributed by atoms with van der Waals surface area (Å²) >= 11 is 0. The molecule has 32 heteroatoms. The molecular weight excluding hydrogens is 1190 g/mol. The van der Waals surface area contributed by atoms with Crippen molar-refractivity contribution in [2.45, 2.75) is 56.6 Å². The number of aliphatic hydroxyl groups is 1. The normalized spacial score (nSPS) is 15.0. The first kappa shape index (κ1) is 71.5. The number of halogens is 4. The summed E-state index contributed by atoms with van der Waals surface area (Å²) in [5.41, 5.74) is 9.22. The van der Waals surface area contributed by atoms with Crippen molar-refractivity contribution in [3.05, 3.63) is 70.8 Å². The van der Waals surface area contributed by atoms with Gasteiger partial charge in [-0.15, -0.1) is 0 Å². The Balaban J connectivity index is 0.776. The van der Waals surface area contributed by atoms with E-state index in [9.17, 15) is 50.3 Å². The quantitative estimate of drug-likeness (QED) is 0.0120. The molecule has 3 amide bonds. The molecule has 0 spiro atoms. The highest BCUT2D eigenvalue weighted by molar-refractivity contribution is 7.85. The highest BCUT2D eigenvalue weighted by Gasteiger charge is 2.40. The second-order valence-electron chi connectivity index (χ2n) is 18.7. The van der Waals surface area contributed by atoms with Crippen LogP contribution in [-0.4, -0.2) is 238 Å². The molecule has 5 rings (SSSR count). The number of carbonyl (C=O) groups excluding carboxylic acids is 4. The molecule has 2 aromatic carbocycles. The van der Waals surface area contributed by atoms with E-state index in [4.69, 9.17) is 62.5 Å². The molecule has 2 atom stereocenters. The van der Waals surface area contributed by atoms with Crippen molar-refractivity contribution in [3.8, 4) is 16.9 Å². The number of hydrogen-bond donors (Lipinski definition) is 4. The van der Waals surface area contributed by atoms with Crippen LogP contribution >= 0.6 is 0 Å². The molecule has 484 valence electrons. The maximum atomic E-state index is 14.0. The largest absolute Gasteiger partial charge is 0.420 e. The third kappa shape index (κ3) is 24.3. The summed E-state index contributed by atoms with van der Waals surface area (Å²) in [4.78, 5) is 69.5. The lowest BCUT2D eigenvalue weighted by Gasteiger charge is -2.23. The van der Waals surface area contributed by atoms with Crippen molar-refractivity contribution >= 4 is 51.4 Å². The van der Waals surface area contributed by atoms with Crippen LogP contribution < -0.4 is 15.8 Å². The number of benzene rings is 2. The molecule has 0 radical (unpaired) electrons. The lowest BCUT2D eigenvalue weighted by Crippen LogP contribution is -2.47. The zero-order chi connectivity index (χ0) is 63.0. The Morgan fingerprint density at radius 3 is 1.66 bits per heavy atom. The number of carbonyl (C=O) groups is 4. The van der Waals surface area contributed by atoms with Crippen LogP contribution in [0.2, 0.25) is 0 Å². The summed E-state index contributed by atoms with van der Waals surface area (Å²) in [6, 6.07) is 4.50. The molecule has 1 fully saturated rings. The third-order valence-electron chi connectivity index (χ3n) is 12.2. The van der Waals surface area contributed by atoms with Gasteiger partial charge in [0.05, 0.1) is 157 Å². The molecule has 0 unspecified atom stereocenters. The minimum Gasteiger partial charge on any atom is -0.420 e. The molecule has 3 aromatic rings. The fourth-order valence-corrected chi connectivity index (χ4v) is 8.76. The third-order valence-corrected chi connectivity index (χ3v) is 13.1. The standard InChI is InChI=1S/C55H75F4N7O20S/c1-3-9-66(85-4-2)54(70)39-30-38-6-5-37(31-42(38)64-44(60)32-39)40-34-62-52(63-35-40)55(71)65-36-41(67)33-43(65)53(69)61-8-11-76-13-15-78-17-19-80-21-23-82-25-27-84-29-28-83-26-24-81-22-20-79-18-16-77-14-12-75-10-7-45(68)86-50-46(56)48(58)51(87(72,73)74)49(59)47(50)57/h5-6,30-31,34-35,41,43,67H,3-4,7-29,32-33,36H2,1-2H3,(H2,60,64)(H,61,69)(H,72,73,74)/t41-,43+/m1/s1. The maximum absolute atomic E-state index is 14.0. The Morgan fingerprint density at radius 2 is 1.18 bits per heavy atom. The van der Waals surface area contributed by atoms with E-state index in [1.165, 1.54) is 22.4 Å². The number of nitrogens with two attached hydrogens (primary N) is 1. The van der Waals surface area contributed by atoms with Crippen LogP contribution in [-0.2, 0) is 76.7 Å². The summed E-state index contributed by atoms with van der Waals surface area (Å²) in [6.07, 6.45) is 4.16. The lowest BCUT2D eigenvalue weighted by molar-refractivity contribution is -0.180. The summed E-state index contributed by atoms with van der Waals surface area (Å²) in [5, 5.41) is 14.5. The van der Waals surface area contributed by atoms with E-state index >= 15 is 0 Å². The molecule has 2 aliphatic rings. The monoisotopic (exact) mass is 1260 g/mol. The number of hydrogen-bond acceptors (Lipinski definition) is 23. The number of hydroxylamine groups is 2. The van der Waals surface area contributed by atoms with Gasteiger partial charge >= 0.3 is 16.1 Å². The summed E-state index contributed by atoms with van der Waals surface area (Å²) in [5.74, 6) is -13.9. The van der Waals surface area contributed by atoms with Crippen molar-refractivity contribution < 1.29 is 112 Å². The van der Waals surface area contributed by atoms with E-state index in [2.05, 4.69) is 25.0 Å². The van der Waals surface area contributed by atoms with Crippen molar-refractivity contribution in [2.75, 3.05) is 158 Å². The fraction of sp³-hybridized carbons (Fsp3) is 0.582. The van der Waals surface area contributed by atoms with Gasteiger partial charge in [-0.1, -0.05) is 19.1 Å². The average Bonchev–Trinajstić information content (AvgIpc) is 1.74. The van der Waals surface area contributed by atoms with E-state index < -0.39 is 80.4 Å². The smallest absolute Gasteiger partial charge is 0.313 e. The van der Waals surface area contributed by atoms with E-state index in [1.807, 2.05) is 26.0 Å². The van der Waals surface area contributed by atoms with Crippen LogP contribution in [0.5, 0.6) is 5.75 Å². The Bertz CT molecular complexity index is 2810. The molecule has 5 N–H and O–H groups in total. The minimum absolute atomic E-state index is 0.00866. The molecule has 27 nitrogen and oxygen atoms in total. The van der Waals surface area contributed by atoms with Gasteiger partial charge in [0.15, 0.2) is 16.5 Å². The summed E-state index contributed by atoms with van der Waals surface area (Å²) in [7, 11) is -5.66. The minimum atomic E-state index is -5.66. The molecule has 1 saturated heterocycles. The van der Waals surface area contributed by atoms with Gasteiger partial charge in [0.1, 0.15) is 11.9 Å². The number of amides is 3. The van der Waals surface area contributed by atoms with Gasteiger partial charge in [0.2, 0.25) is 29.1 Å². The first-order chi connectivity index (χ1) is 41.9. The number of aromatic nitrogens is 2. The van der Waals surface area contributed by atoms with Crippen molar-refractivity contribution in [1.29, 1.82) is 0 Å². The summed E-state index contributed by atoms with van der Waals surface area (Å²) in [6.45, 7) is 9.95. The Hall–Kier alpha value is -6.24.